The van der Waals surface area contributed by atoms with Gasteiger partial charge in [-0.05, 0) is 55.0 Å². The summed E-state index contributed by atoms with van der Waals surface area (Å²) in [6, 6.07) is 4.24. The summed E-state index contributed by atoms with van der Waals surface area (Å²) in [5.74, 6) is 1.52. The summed E-state index contributed by atoms with van der Waals surface area (Å²) in [4.78, 5) is 29.1. The van der Waals surface area contributed by atoms with Crippen molar-refractivity contribution in [2.45, 2.75) is 78.4 Å². The molecule has 3 heterocycles. The third kappa shape index (κ3) is 3.57. The third-order valence-corrected chi connectivity index (χ3v) is 8.34. The molecule has 0 spiro atoms. The summed E-state index contributed by atoms with van der Waals surface area (Å²) >= 11 is 1.65. The number of carbonyl (C=O) groups is 2. The van der Waals surface area contributed by atoms with E-state index in [0.717, 1.165) is 29.5 Å². The van der Waals surface area contributed by atoms with Crippen molar-refractivity contribution in [2.75, 3.05) is 6.54 Å². The highest BCUT2D eigenvalue weighted by Gasteiger charge is 2.48. The van der Waals surface area contributed by atoms with Gasteiger partial charge in [0.2, 0.25) is 5.91 Å². The van der Waals surface area contributed by atoms with E-state index in [4.69, 9.17) is 0 Å². The highest BCUT2D eigenvalue weighted by atomic mass is 32.1. The van der Waals surface area contributed by atoms with E-state index in [2.05, 4.69) is 49.0 Å². The van der Waals surface area contributed by atoms with E-state index in [-0.39, 0.29) is 17.9 Å². The van der Waals surface area contributed by atoms with Gasteiger partial charge >= 0.3 is 0 Å². The Labute approximate surface area is 183 Å². The van der Waals surface area contributed by atoms with Gasteiger partial charge in [0.05, 0.1) is 16.8 Å². The fourth-order valence-corrected chi connectivity index (χ4v) is 5.94. The second kappa shape index (κ2) is 8.03. The van der Waals surface area contributed by atoms with Crippen LogP contribution in [0.2, 0.25) is 0 Å². The lowest BCUT2D eigenvalue weighted by Gasteiger charge is -2.46. The molecule has 1 fully saturated rings. The Hall–Kier alpha value is -1.82. The van der Waals surface area contributed by atoms with Crippen LogP contribution >= 0.6 is 11.3 Å². The topological polar surface area (TPSA) is 54.3 Å². The normalized spacial score (nSPS) is 29.5. The summed E-state index contributed by atoms with van der Waals surface area (Å²) in [5, 5.41) is 5.42. The molecule has 0 radical (unpaired) electrons. The van der Waals surface area contributed by atoms with E-state index in [1.165, 1.54) is 6.42 Å². The molecule has 6 heteroatoms. The predicted octanol–water partition coefficient (Wildman–Crippen LogP) is 4.90. The maximum Gasteiger partial charge on any atom is 0.271 e. The minimum atomic E-state index is -0.882. The molecule has 4 rings (SSSR count). The third-order valence-electron chi connectivity index (χ3n) is 7.49. The van der Waals surface area contributed by atoms with Crippen LogP contribution in [-0.2, 0) is 11.3 Å². The SMILES string of the molecule is CC(C)CCN1C(=O)c2cc3sccc3n2C[C@]1(C)C(=O)N[C@@H]1CCC[C@@H](C)[C@@H]1C. The van der Waals surface area contributed by atoms with Crippen molar-refractivity contribution in [1.29, 1.82) is 0 Å². The molecule has 0 unspecified atom stereocenters. The molecule has 164 valence electrons. The molecule has 1 saturated carbocycles. The molecule has 2 aliphatic rings. The van der Waals surface area contributed by atoms with Gasteiger partial charge in [-0.1, -0.05) is 40.5 Å². The molecule has 30 heavy (non-hydrogen) atoms. The Morgan fingerprint density at radius 1 is 1.33 bits per heavy atom. The lowest BCUT2D eigenvalue weighted by atomic mass is 9.77. The zero-order valence-corrected chi connectivity index (χ0v) is 19.7. The average molecular weight is 430 g/mol. The highest BCUT2D eigenvalue weighted by Crippen LogP contribution is 2.36. The van der Waals surface area contributed by atoms with Gasteiger partial charge in [-0.2, -0.15) is 0 Å². The second-order valence-electron chi connectivity index (χ2n) is 10.0. The summed E-state index contributed by atoms with van der Waals surface area (Å²) in [7, 11) is 0. The van der Waals surface area contributed by atoms with E-state index in [1.807, 2.05) is 17.9 Å². The number of nitrogens with one attached hydrogen (secondary N) is 1. The van der Waals surface area contributed by atoms with Gasteiger partial charge in [0, 0.05) is 12.6 Å². The molecule has 0 aromatic carbocycles. The molecule has 5 nitrogen and oxygen atoms in total. The summed E-state index contributed by atoms with van der Waals surface area (Å²) in [6.45, 7) is 11.9. The van der Waals surface area contributed by atoms with Crippen molar-refractivity contribution < 1.29 is 9.59 Å². The van der Waals surface area contributed by atoms with Crippen LogP contribution in [0.15, 0.2) is 17.5 Å². The van der Waals surface area contributed by atoms with Gasteiger partial charge < -0.3 is 14.8 Å². The smallest absolute Gasteiger partial charge is 0.271 e. The van der Waals surface area contributed by atoms with Crippen LogP contribution in [0.5, 0.6) is 0 Å². The van der Waals surface area contributed by atoms with Crippen LogP contribution in [-0.4, -0.2) is 39.4 Å². The van der Waals surface area contributed by atoms with Crippen LogP contribution in [0.4, 0.5) is 0 Å². The number of nitrogens with zero attached hydrogens (tertiary/aromatic N) is 2. The molecule has 2 aromatic rings. The van der Waals surface area contributed by atoms with Crippen molar-refractivity contribution in [2.24, 2.45) is 17.8 Å². The summed E-state index contributed by atoms with van der Waals surface area (Å²) in [5.41, 5.74) is 0.892. The van der Waals surface area contributed by atoms with E-state index in [1.54, 1.807) is 11.3 Å². The number of carbonyl (C=O) groups excluding carboxylic acids is 2. The molecule has 0 saturated heterocycles. The predicted molar refractivity (Wildman–Crippen MR) is 123 cm³/mol. The van der Waals surface area contributed by atoms with Crippen molar-refractivity contribution in [3.05, 3.63) is 23.2 Å². The summed E-state index contributed by atoms with van der Waals surface area (Å²) < 4.78 is 3.17. The van der Waals surface area contributed by atoms with E-state index in [9.17, 15) is 9.59 Å². The van der Waals surface area contributed by atoms with Gasteiger partial charge in [-0.3, -0.25) is 9.59 Å². The number of aromatic nitrogens is 1. The van der Waals surface area contributed by atoms with Crippen LogP contribution in [0.3, 0.4) is 0 Å². The highest BCUT2D eigenvalue weighted by molar-refractivity contribution is 7.17. The molecule has 1 N–H and O–H groups in total. The molecule has 1 aliphatic heterocycles. The van der Waals surface area contributed by atoms with Crippen LogP contribution in [0.1, 0.15) is 70.8 Å². The fourth-order valence-electron chi connectivity index (χ4n) is 5.12. The Balaban J connectivity index is 1.67. The van der Waals surface area contributed by atoms with Gasteiger partial charge in [0.25, 0.3) is 5.91 Å². The van der Waals surface area contributed by atoms with Gasteiger partial charge in [-0.15, -0.1) is 11.3 Å². The van der Waals surface area contributed by atoms with Gasteiger partial charge in [0.15, 0.2) is 0 Å². The summed E-state index contributed by atoms with van der Waals surface area (Å²) in [6.07, 6.45) is 4.30. The van der Waals surface area contributed by atoms with Crippen molar-refractivity contribution in [3.8, 4) is 0 Å². The lowest BCUT2D eigenvalue weighted by molar-refractivity contribution is -0.134. The molecule has 4 atom stereocenters. The van der Waals surface area contributed by atoms with E-state index >= 15 is 0 Å². The minimum Gasteiger partial charge on any atom is -0.351 e. The quantitative estimate of drug-likeness (QED) is 0.735. The monoisotopic (exact) mass is 429 g/mol. The first-order chi connectivity index (χ1) is 14.2. The molecule has 2 aromatic heterocycles. The lowest BCUT2D eigenvalue weighted by Crippen LogP contribution is -2.65. The number of fused-ring (bicyclic) bond motifs is 3. The number of hydrogen-bond acceptors (Lipinski definition) is 3. The van der Waals surface area contributed by atoms with Crippen LogP contribution in [0.25, 0.3) is 10.2 Å². The Morgan fingerprint density at radius 3 is 2.83 bits per heavy atom. The first kappa shape index (κ1) is 21.4. The van der Waals surface area contributed by atoms with Crippen LogP contribution < -0.4 is 5.32 Å². The van der Waals surface area contributed by atoms with E-state index < -0.39 is 5.54 Å². The maximum atomic E-state index is 13.7. The number of thiophene rings is 1. The molecular formula is C24H35N3O2S. The number of rotatable bonds is 5. The largest absolute Gasteiger partial charge is 0.351 e. The maximum absolute atomic E-state index is 13.7. The number of hydrogen-bond donors (Lipinski definition) is 1. The zero-order valence-electron chi connectivity index (χ0n) is 18.9. The first-order valence-electron chi connectivity index (χ1n) is 11.4. The van der Waals surface area contributed by atoms with Crippen LogP contribution in [0, 0.1) is 17.8 Å². The Bertz CT molecular complexity index is 946. The number of amides is 2. The van der Waals surface area contributed by atoms with Crippen molar-refractivity contribution in [3.63, 3.8) is 0 Å². The Kier molecular flexibility index (Phi) is 5.73. The first-order valence-corrected chi connectivity index (χ1v) is 12.3. The zero-order chi connectivity index (χ0) is 21.6. The Morgan fingerprint density at radius 2 is 2.10 bits per heavy atom. The van der Waals surface area contributed by atoms with E-state index in [0.29, 0.717) is 36.5 Å². The fraction of sp³-hybridized carbons (Fsp3) is 0.667. The molecule has 0 bridgehead atoms. The standard InChI is InChI=1S/C24H35N3O2S/c1-15(2)9-11-27-22(28)20-13-21-19(10-12-30-21)26(20)14-24(27,5)23(29)25-18-8-6-7-16(3)17(18)4/h10,12-13,15-18H,6-9,11,14H2,1-5H3,(H,25,29)/t16-,17+,18-,24-/m1/s1. The minimum absolute atomic E-state index is 0.00622. The van der Waals surface area contributed by atoms with Gasteiger partial charge in [0.1, 0.15) is 11.2 Å². The molecule has 2 amide bonds. The molecule has 1 aliphatic carbocycles. The molecular weight excluding hydrogens is 394 g/mol. The van der Waals surface area contributed by atoms with Gasteiger partial charge in [-0.25, -0.2) is 0 Å². The van der Waals surface area contributed by atoms with Crippen molar-refractivity contribution in [1.82, 2.24) is 14.8 Å². The second-order valence-corrected chi connectivity index (χ2v) is 11.0. The average Bonchev–Trinajstić information content (AvgIpc) is 3.27. The van der Waals surface area contributed by atoms with Crippen molar-refractivity contribution >= 4 is 33.4 Å².